The van der Waals surface area contributed by atoms with Gasteiger partial charge in [-0.15, -0.1) is 0 Å². The van der Waals surface area contributed by atoms with Gasteiger partial charge >= 0.3 is 0 Å². The van der Waals surface area contributed by atoms with Crippen molar-refractivity contribution < 1.29 is 4.79 Å². The van der Waals surface area contributed by atoms with E-state index in [0.717, 1.165) is 12.0 Å². The monoisotopic (exact) mass is 196 g/mol. The van der Waals surface area contributed by atoms with E-state index in [1.807, 2.05) is 18.2 Å². The van der Waals surface area contributed by atoms with Crippen molar-refractivity contribution in [2.24, 2.45) is 0 Å². The first kappa shape index (κ1) is 10.3. The Hall–Kier alpha value is -0.820. The molecule has 0 bridgehead atoms. The van der Waals surface area contributed by atoms with Crippen molar-refractivity contribution in [3.63, 3.8) is 0 Å². The summed E-state index contributed by atoms with van der Waals surface area (Å²) in [6.45, 7) is 3.66. The highest BCUT2D eigenvalue weighted by atomic mass is 35.5. The van der Waals surface area contributed by atoms with E-state index in [1.165, 1.54) is 5.56 Å². The summed E-state index contributed by atoms with van der Waals surface area (Å²) in [4.78, 5) is 10.9. The molecule has 0 amide bonds. The molecule has 1 rings (SSSR count). The van der Waals surface area contributed by atoms with Crippen LogP contribution in [0, 0.1) is 0 Å². The minimum absolute atomic E-state index is 0.148. The zero-order chi connectivity index (χ0) is 9.84. The molecule has 0 unspecified atom stereocenters. The van der Waals surface area contributed by atoms with E-state index in [1.54, 1.807) is 6.92 Å². The van der Waals surface area contributed by atoms with Gasteiger partial charge in [-0.3, -0.25) is 4.79 Å². The first-order valence-electron chi connectivity index (χ1n) is 4.40. The molecule has 1 nitrogen and oxygen atoms in total. The molecule has 1 aromatic carbocycles. The summed E-state index contributed by atoms with van der Waals surface area (Å²) in [5.74, 6) is 0.148. The number of rotatable bonds is 3. The third kappa shape index (κ3) is 2.85. The smallest absolute Gasteiger partial charge is 0.134 e. The fraction of sp³-hybridized carbons (Fsp3) is 0.364. The second-order valence-corrected chi connectivity index (χ2v) is 3.57. The van der Waals surface area contributed by atoms with Gasteiger partial charge in [0.1, 0.15) is 5.78 Å². The van der Waals surface area contributed by atoms with E-state index in [9.17, 15) is 4.79 Å². The lowest BCUT2D eigenvalue weighted by Gasteiger charge is -2.04. The van der Waals surface area contributed by atoms with Crippen LogP contribution in [-0.2, 0) is 17.6 Å². The van der Waals surface area contributed by atoms with Crippen molar-refractivity contribution in [3.8, 4) is 0 Å². The minimum atomic E-state index is 0.148. The fourth-order valence-electron chi connectivity index (χ4n) is 1.25. The normalized spacial score (nSPS) is 10.1. The Morgan fingerprint density at radius 3 is 2.69 bits per heavy atom. The summed E-state index contributed by atoms with van der Waals surface area (Å²) in [6, 6.07) is 5.86. The zero-order valence-corrected chi connectivity index (χ0v) is 8.69. The van der Waals surface area contributed by atoms with Crippen LogP contribution in [0.25, 0.3) is 0 Å². The summed E-state index contributed by atoms with van der Waals surface area (Å²) >= 11 is 5.95. The van der Waals surface area contributed by atoms with Crippen molar-refractivity contribution in [1.82, 2.24) is 0 Å². The Balaban J connectivity index is 2.96. The van der Waals surface area contributed by atoms with Crippen LogP contribution >= 0.6 is 11.6 Å². The maximum Gasteiger partial charge on any atom is 0.134 e. The number of ketones is 1. The van der Waals surface area contributed by atoms with Crippen LogP contribution in [-0.4, -0.2) is 5.78 Å². The molecule has 0 aromatic heterocycles. The molecule has 0 atom stereocenters. The van der Waals surface area contributed by atoms with Crippen molar-refractivity contribution in [2.75, 3.05) is 0 Å². The Kier molecular flexibility index (Phi) is 3.49. The Labute approximate surface area is 83.7 Å². The Morgan fingerprint density at radius 2 is 2.15 bits per heavy atom. The number of carbonyl (C=O) groups excluding carboxylic acids is 1. The van der Waals surface area contributed by atoms with Gasteiger partial charge in [0.05, 0.1) is 0 Å². The summed E-state index contributed by atoms with van der Waals surface area (Å²) in [6.07, 6.45) is 1.41. The number of hydrogen-bond acceptors (Lipinski definition) is 1. The van der Waals surface area contributed by atoms with Gasteiger partial charge in [0.15, 0.2) is 0 Å². The van der Waals surface area contributed by atoms with Crippen LogP contribution in [0.15, 0.2) is 18.2 Å². The third-order valence-corrected chi connectivity index (χ3v) is 2.33. The number of aryl methyl sites for hydroxylation is 1. The van der Waals surface area contributed by atoms with Crippen molar-refractivity contribution in [3.05, 3.63) is 34.3 Å². The number of halogens is 1. The molecule has 70 valence electrons. The predicted octanol–water partition coefficient (Wildman–Crippen LogP) is 3.03. The first-order valence-corrected chi connectivity index (χ1v) is 4.78. The number of carbonyl (C=O) groups is 1. The number of Topliss-reactive ketones (excluding diaryl/α,β-unsaturated/α-hetero) is 1. The van der Waals surface area contributed by atoms with Crippen LogP contribution in [0.2, 0.25) is 5.02 Å². The molecule has 0 saturated carbocycles. The maximum atomic E-state index is 10.9. The van der Waals surface area contributed by atoms with Crippen molar-refractivity contribution in [2.45, 2.75) is 26.7 Å². The number of benzene rings is 1. The highest BCUT2D eigenvalue weighted by molar-refractivity contribution is 6.31. The van der Waals surface area contributed by atoms with Gasteiger partial charge in [0.2, 0.25) is 0 Å². The predicted molar refractivity (Wildman–Crippen MR) is 55.2 cm³/mol. The molecule has 0 fully saturated rings. The van der Waals surface area contributed by atoms with Crippen LogP contribution in [0.5, 0.6) is 0 Å². The molecular weight excluding hydrogens is 184 g/mol. The van der Waals surface area contributed by atoms with Gasteiger partial charge in [0, 0.05) is 11.4 Å². The molecule has 0 N–H and O–H groups in total. The minimum Gasteiger partial charge on any atom is -0.300 e. The van der Waals surface area contributed by atoms with Gasteiger partial charge in [-0.2, -0.15) is 0 Å². The topological polar surface area (TPSA) is 17.1 Å². The summed E-state index contributed by atoms with van der Waals surface area (Å²) < 4.78 is 0. The molecule has 13 heavy (non-hydrogen) atoms. The molecule has 0 aliphatic heterocycles. The zero-order valence-electron chi connectivity index (χ0n) is 7.93. The molecule has 0 aliphatic rings. The summed E-state index contributed by atoms with van der Waals surface area (Å²) in [7, 11) is 0. The molecule has 0 radical (unpaired) electrons. The first-order chi connectivity index (χ1) is 6.13. The lowest BCUT2D eigenvalue weighted by atomic mass is 10.0. The van der Waals surface area contributed by atoms with Gasteiger partial charge in [-0.05, 0) is 30.5 Å². The lowest BCUT2D eigenvalue weighted by molar-refractivity contribution is -0.116. The van der Waals surface area contributed by atoms with Crippen molar-refractivity contribution >= 4 is 17.4 Å². The van der Waals surface area contributed by atoms with E-state index >= 15 is 0 Å². The van der Waals surface area contributed by atoms with Crippen LogP contribution in [0.1, 0.15) is 25.0 Å². The molecular formula is C11H13ClO. The quantitative estimate of drug-likeness (QED) is 0.727. The third-order valence-electron chi connectivity index (χ3n) is 1.96. The molecule has 0 aliphatic carbocycles. The molecule has 1 aromatic rings. The van der Waals surface area contributed by atoms with Gasteiger partial charge < -0.3 is 0 Å². The summed E-state index contributed by atoms with van der Waals surface area (Å²) in [5.41, 5.74) is 2.16. The molecule has 0 heterocycles. The highest BCUT2D eigenvalue weighted by Gasteiger charge is 2.03. The van der Waals surface area contributed by atoms with Gasteiger partial charge in [0.25, 0.3) is 0 Å². The van der Waals surface area contributed by atoms with E-state index in [4.69, 9.17) is 11.6 Å². The standard InChI is InChI=1S/C11H13ClO/c1-3-9-4-5-11(12)10(7-9)6-8(2)13/h4-5,7H,3,6H2,1-2H3. The largest absolute Gasteiger partial charge is 0.300 e. The maximum absolute atomic E-state index is 10.9. The summed E-state index contributed by atoms with van der Waals surface area (Å²) in [5, 5.41) is 0.687. The fourth-order valence-corrected chi connectivity index (χ4v) is 1.44. The van der Waals surface area contributed by atoms with E-state index in [-0.39, 0.29) is 5.78 Å². The highest BCUT2D eigenvalue weighted by Crippen LogP contribution is 2.18. The SMILES string of the molecule is CCc1ccc(Cl)c(CC(C)=O)c1. The van der Waals surface area contributed by atoms with Crippen LogP contribution in [0.3, 0.4) is 0 Å². The molecule has 0 saturated heterocycles. The average Bonchev–Trinajstić information content (AvgIpc) is 2.08. The van der Waals surface area contributed by atoms with Crippen LogP contribution < -0.4 is 0 Å². The van der Waals surface area contributed by atoms with Crippen molar-refractivity contribution in [1.29, 1.82) is 0 Å². The van der Waals surface area contributed by atoms with Crippen LogP contribution in [0.4, 0.5) is 0 Å². The number of hydrogen-bond donors (Lipinski definition) is 0. The van der Waals surface area contributed by atoms with E-state index in [0.29, 0.717) is 11.4 Å². The second kappa shape index (κ2) is 4.43. The van der Waals surface area contributed by atoms with Gasteiger partial charge in [-0.25, -0.2) is 0 Å². The molecule has 2 heteroatoms. The van der Waals surface area contributed by atoms with Gasteiger partial charge in [-0.1, -0.05) is 30.7 Å². The Bertz CT molecular complexity index is 318. The van der Waals surface area contributed by atoms with E-state index in [2.05, 4.69) is 6.92 Å². The average molecular weight is 197 g/mol. The lowest BCUT2D eigenvalue weighted by Crippen LogP contribution is -1.98. The Morgan fingerprint density at radius 1 is 1.46 bits per heavy atom. The van der Waals surface area contributed by atoms with E-state index < -0.39 is 0 Å². The molecule has 0 spiro atoms. The second-order valence-electron chi connectivity index (χ2n) is 3.16.